The molecule has 0 saturated carbocycles. The number of halogens is 1. The van der Waals surface area contributed by atoms with Crippen LogP contribution in [0.15, 0.2) is 41.3 Å². The Labute approximate surface area is 124 Å². The van der Waals surface area contributed by atoms with Crippen molar-refractivity contribution in [1.29, 1.82) is 0 Å². The monoisotopic (exact) mass is 360 g/mol. The number of benzene rings is 1. The summed E-state index contributed by atoms with van der Waals surface area (Å²) in [5.74, 6) is 0.959. The number of aromatic nitrogens is 2. The van der Waals surface area contributed by atoms with E-state index < -0.39 is 0 Å². The van der Waals surface area contributed by atoms with Crippen LogP contribution in [0, 0.1) is 13.8 Å². The van der Waals surface area contributed by atoms with Crippen LogP contribution >= 0.6 is 11.8 Å². The summed E-state index contributed by atoms with van der Waals surface area (Å²) >= 11 is 1.86. The van der Waals surface area contributed by atoms with Crippen LogP contribution < -0.4 is 28.7 Å². The molecule has 0 aliphatic carbocycles. The fraction of sp³-hybridized carbons (Fsp3) is 0.308. The van der Waals surface area contributed by atoms with E-state index in [4.69, 9.17) is 0 Å². The molecule has 17 heavy (non-hydrogen) atoms. The predicted molar refractivity (Wildman–Crippen MR) is 67.4 cm³/mol. The molecular weight excluding hydrogens is 343 g/mol. The lowest BCUT2D eigenvalue weighted by Crippen LogP contribution is -3.00. The predicted octanol–water partition coefficient (Wildman–Crippen LogP) is -0.317. The third kappa shape index (κ3) is 3.48. The second kappa shape index (κ2) is 6.44. The minimum Gasteiger partial charge on any atom is -1.00 e. The first-order valence-corrected chi connectivity index (χ1v) is 6.38. The molecule has 0 bridgehead atoms. The molecule has 2 rings (SSSR count). The average Bonchev–Trinajstić information content (AvgIpc) is 2.53. The highest BCUT2D eigenvalue weighted by molar-refractivity contribution is 7.98. The van der Waals surface area contributed by atoms with Crippen molar-refractivity contribution in [2.45, 2.75) is 24.6 Å². The highest BCUT2D eigenvalue weighted by Gasteiger charge is 2.12. The molecular formula is C13H17IN2S. The van der Waals surface area contributed by atoms with Crippen LogP contribution in [-0.4, -0.2) is 4.68 Å². The van der Waals surface area contributed by atoms with E-state index in [9.17, 15) is 0 Å². The Bertz CT molecular complexity index is 480. The zero-order chi connectivity index (χ0) is 11.5. The van der Waals surface area contributed by atoms with E-state index in [0.717, 1.165) is 5.88 Å². The minimum absolute atomic E-state index is 0. The maximum Gasteiger partial charge on any atom is 0.204 e. The summed E-state index contributed by atoms with van der Waals surface area (Å²) in [7, 11) is 2.11. The molecule has 2 nitrogen and oxygen atoms in total. The minimum atomic E-state index is 0. The van der Waals surface area contributed by atoms with E-state index in [1.54, 1.807) is 0 Å². The van der Waals surface area contributed by atoms with Gasteiger partial charge in [0.2, 0.25) is 5.69 Å². The summed E-state index contributed by atoms with van der Waals surface area (Å²) in [6.07, 6.45) is 0. The van der Waals surface area contributed by atoms with Gasteiger partial charge in [0.1, 0.15) is 5.88 Å². The van der Waals surface area contributed by atoms with Gasteiger partial charge in [-0.3, -0.25) is 0 Å². The summed E-state index contributed by atoms with van der Waals surface area (Å²) in [6.45, 7) is 4.29. The van der Waals surface area contributed by atoms with Gasteiger partial charge in [-0.2, -0.15) is 0 Å². The number of aryl methyl sites for hydroxylation is 2. The summed E-state index contributed by atoms with van der Waals surface area (Å²) in [5, 5.41) is 0. The molecule has 92 valence electrons. The van der Waals surface area contributed by atoms with E-state index in [1.165, 1.54) is 16.3 Å². The maximum absolute atomic E-state index is 2.28. The van der Waals surface area contributed by atoms with Gasteiger partial charge in [0.25, 0.3) is 0 Å². The quantitative estimate of drug-likeness (QED) is 0.414. The molecule has 0 aliphatic heterocycles. The second-order valence-electron chi connectivity index (χ2n) is 3.94. The average molecular weight is 360 g/mol. The number of hydrogen-bond donors (Lipinski definition) is 0. The molecule has 0 saturated heterocycles. The summed E-state index contributed by atoms with van der Waals surface area (Å²) in [4.78, 5) is 1.31. The largest absolute Gasteiger partial charge is 1.00 e. The van der Waals surface area contributed by atoms with Crippen LogP contribution in [0.25, 0.3) is 0 Å². The first-order chi connectivity index (χ1) is 7.68. The fourth-order valence-corrected chi connectivity index (χ4v) is 2.74. The van der Waals surface area contributed by atoms with Crippen LogP contribution in [0.4, 0.5) is 0 Å². The number of hydrogen-bond acceptors (Lipinski definition) is 1. The van der Waals surface area contributed by atoms with Crippen molar-refractivity contribution in [3.63, 3.8) is 0 Å². The van der Waals surface area contributed by atoms with Crippen molar-refractivity contribution in [1.82, 2.24) is 4.68 Å². The van der Waals surface area contributed by atoms with Crippen molar-refractivity contribution < 1.29 is 28.7 Å². The Morgan fingerprint density at radius 1 is 1.18 bits per heavy atom. The van der Waals surface area contributed by atoms with Crippen LogP contribution in [0.5, 0.6) is 0 Å². The Kier molecular flexibility index (Phi) is 5.52. The normalized spacial score (nSPS) is 10.1. The van der Waals surface area contributed by atoms with Crippen LogP contribution in [0.3, 0.4) is 0 Å². The second-order valence-corrected chi connectivity index (χ2v) is 4.96. The highest BCUT2D eigenvalue weighted by Crippen LogP contribution is 2.19. The maximum atomic E-state index is 2.28. The zero-order valence-corrected chi connectivity index (χ0v) is 13.3. The van der Waals surface area contributed by atoms with Gasteiger partial charge in [-0.25, -0.2) is 0 Å². The van der Waals surface area contributed by atoms with Gasteiger partial charge in [0.15, 0.2) is 7.05 Å². The Morgan fingerprint density at radius 2 is 1.82 bits per heavy atom. The zero-order valence-electron chi connectivity index (χ0n) is 10.4. The van der Waals surface area contributed by atoms with Crippen molar-refractivity contribution in [2.75, 3.05) is 0 Å². The standard InChI is InChI=1S/C13H17N2S.HI/c1-11-9-12(2)15(14(11)3)10-16-13-7-5-4-6-8-13;/h4-9H,10H2,1-3H3;1H/q+1;/p-1. The van der Waals surface area contributed by atoms with Gasteiger partial charge in [-0.15, -0.1) is 9.36 Å². The van der Waals surface area contributed by atoms with E-state index >= 15 is 0 Å². The lowest BCUT2D eigenvalue weighted by molar-refractivity contribution is -0.757. The van der Waals surface area contributed by atoms with Gasteiger partial charge in [0, 0.05) is 17.9 Å². The summed E-state index contributed by atoms with van der Waals surface area (Å²) < 4.78 is 4.48. The molecule has 1 heterocycles. The molecule has 1 aromatic carbocycles. The van der Waals surface area contributed by atoms with Gasteiger partial charge < -0.3 is 24.0 Å². The Morgan fingerprint density at radius 3 is 2.35 bits per heavy atom. The number of thioether (sulfide) groups is 1. The molecule has 0 radical (unpaired) electrons. The first kappa shape index (κ1) is 14.6. The van der Waals surface area contributed by atoms with Crippen molar-refractivity contribution in [3.05, 3.63) is 47.8 Å². The molecule has 4 heteroatoms. The molecule has 0 fully saturated rings. The molecule has 0 aliphatic rings. The first-order valence-electron chi connectivity index (χ1n) is 5.39. The molecule has 1 aromatic heterocycles. The van der Waals surface area contributed by atoms with Gasteiger partial charge >= 0.3 is 0 Å². The molecule has 0 N–H and O–H groups in total. The van der Waals surface area contributed by atoms with E-state index in [-0.39, 0.29) is 24.0 Å². The SMILES string of the molecule is Cc1cc(C)[n+](C)n1CSc1ccccc1.[I-]. The van der Waals surface area contributed by atoms with Gasteiger partial charge in [0.05, 0.1) is 5.69 Å². The smallest absolute Gasteiger partial charge is 0.204 e. The molecule has 0 atom stereocenters. The molecule has 2 aromatic rings. The topological polar surface area (TPSA) is 8.81 Å². The van der Waals surface area contributed by atoms with E-state index in [0.29, 0.717) is 0 Å². The lowest BCUT2D eigenvalue weighted by atomic mass is 10.4. The third-order valence-electron chi connectivity index (χ3n) is 2.79. The molecule has 0 unspecified atom stereocenters. The van der Waals surface area contributed by atoms with Crippen molar-refractivity contribution in [3.8, 4) is 0 Å². The van der Waals surface area contributed by atoms with E-state index in [1.807, 2.05) is 11.8 Å². The van der Waals surface area contributed by atoms with Crippen LogP contribution in [0.2, 0.25) is 0 Å². The van der Waals surface area contributed by atoms with Crippen molar-refractivity contribution >= 4 is 11.8 Å². The highest BCUT2D eigenvalue weighted by atomic mass is 127. The fourth-order valence-electron chi connectivity index (χ4n) is 1.74. The summed E-state index contributed by atoms with van der Waals surface area (Å²) in [6, 6.07) is 12.7. The van der Waals surface area contributed by atoms with E-state index in [2.05, 4.69) is 66.7 Å². The van der Waals surface area contributed by atoms with Gasteiger partial charge in [-0.1, -0.05) is 30.0 Å². The van der Waals surface area contributed by atoms with Crippen LogP contribution in [0.1, 0.15) is 11.4 Å². The third-order valence-corrected chi connectivity index (χ3v) is 3.77. The molecule has 0 amide bonds. The number of rotatable bonds is 3. The number of nitrogens with zero attached hydrogens (tertiary/aromatic N) is 2. The lowest BCUT2D eigenvalue weighted by Gasteiger charge is -2.03. The van der Waals surface area contributed by atoms with Crippen LogP contribution in [-0.2, 0) is 12.9 Å². The van der Waals surface area contributed by atoms with Gasteiger partial charge in [-0.05, 0) is 19.1 Å². The Hall–Kier alpha value is -0.490. The van der Waals surface area contributed by atoms with Crippen molar-refractivity contribution in [2.24, 2.45) is 7.05 Å². The molecule has 0 spiro atoms. The Balaban J connectivity index is 0.00000144. The summed E-state index contributed by atoms with van der Waals surface area (Å²) in [5.41, 5.74) is 2.61.